The van der Waals surface area contributed by atoms with Crippen LogP contribution in [-0.4, -0.2) is 46.4 Å². The third kappa shape index (κ3) is 3.84. The quantitative estimate of drug-likeness (QED) is 0.359. The van der Waals surface area contributed by atoms with Gasteiger partial charge in [0.05, 0.1) is 30.7 Å². The number of hydrogen-bond donors (Lipinski definition) is 3. The summed E-state index contributed by atoms with van der Waals surface area (Å²) in [7, 11) is 6.47. The summed E-state index contributed by atoms with van der Waals surface area (Å²) in [6, 6.07) is 4.36. The highest BCUT2D eigenvalue weighted by molar-refractivity contribution is 6.36. The molecule has 0 amide bonds. The van der Waals surface area contributed by atoms with E-state index in [1.165, 1.54) is 12.1 Å². The first-order chi connectivity index (χ1) is 16.1. The number of hydrogen-bond acceptors (Lipinski definition) is 6. The fourth-order valence-corrected chi connectivity index (χ4v) is 5.68. The third-order valence-corrected chi connectivity index (χ3v) is 7.65. The second-order valence-corrected chi connectivity index (χ2v) is 9.97. The molecule has 1 aliphatic carbocycles. The number of anilines is 1. The van der Waals surface area contributed by atoms with Gasteiger partial charge in [-0.2, -0.15) is 5.10 Å². The Morgan fingerprint density at radius 2 is 2.09 bits per heavy atom. The molecule has 0 spiro atoms. The Morgan fingerprint density at radius 3 is 2.85 bits per heavy atom. The summed E-state index contributed by atoms with van der Waals surface area (Å²) in [6.07, 6.45) is 5.72. The fraction of sp³-hybridized carbons (Fsp3) is 0.391. The molecule has 11 heteroatoms. The van der Waals surface area contributed by atoms with Crippen molar-refractivity contribution in [2.45, 2.75) is 42.8 Å². The van der Waals surface area contributed by atoms with Gasteiger partial charge in [0.2, 0.25) is 0 Å². The van der Waals surface area contributed by atoms with Gasteiger partial charge in [0.15, 0.2) is 11.6 Å². The van der Waals surface area contributed by atoms with Gasteiger partial charge < -0.3 is 20.9 Å². The summed E-state index contributed by atoms with van der Waals surface area (Å²) in [5.74, 6) is -0.0968. The van der Waals surface area contributed by atoms with Gasteiger partial charge >= 0.3 is 0 Å². The highest BCUT2D eigenvalue weighted by atomic mass is 35.5. The summed E-state index contributed by atoms with van der Waals surface area (Å²) < 4.78 is 21.8. The maximum Gasteiger partial charge on any atom is 0.166 e. The lowest BCUT2D eigenvalue weighted by Crippen LogP contribution is -2.38. The molecule has 0 bridgehead atoms. The summed E-state index contributed by atoms with van der Waals surface area (Å²) in [5.41, 5.74) is 6.97. The number of halogens is 3. The zero-order chi connectivity index (χ0) is 24.3. The first-order valence-corrected chi connectivity index (χ1v) is 11.7. The van der Waals surface area contributed by atoms with Gasteiger partial charge in [-0.05, 0) is 49.8 Å². The number of rotatable bonds is 5. The number of nitrogens with one attached hydrogen (secondary N) is 1. The molecule has 4 atom stereocenters. The van der Waals surface area contributed by atoms with E-state index in [4.69, 9.17) is 41.5 Å². The molecule has 2 aromatic heterocycles. The Labute approximate surface area is 207 Å². The van der Waals surface area contributed by atoms with E-state index in [1.807, 2.05) is 10.9 Å². The molecule has 4 N–H and O–H groups in total. The van der Waals surface area contributed by atoms with Crippen molar-refractivity contribution >= 4 is 36.9 Å². The van der Waals surface area contributed by atoms with Crippen LogP contribution in [0.4, 0.5) is 10.2 Å². The largest absolute Gasteiger partial charge is 0.482 e. The molecule has 1 aromatic carbocycles. The van der Waals surface area contributed by atoms with Crippen LogP contribution in [0.1, 0.15) is 37.5 Å². The minimum atomic E-state index is -0.941. The number of fused-ring (bicyclic) bond motifs is 1. The maximum absolute atomic E-state index is 14.0. The minimum absolute atomic E-state index is 0.0133. The van der Waals surface area contributed by atoms with Crippen molar-refractivity contribution in [2.75, 3.05) is 18.8 Å². The normalized spacial score (nSPS) is 27.0. The van der Waals surface area contributed by atoms with Crippen molar-refractivity contribution in [1.82, 2.24) is 20.1 Å². The Morgan fingerprint density at radius 1 is 1.29 bits per heavy atom. The van der Waals surface area contributed by atoms with Gasteiger partial charge in [-0.25, -0.2) is 9.37 Å². The molecule has 1 saturated heterocycles. The molecule has 176 valence electrons. The second-order valence-electron chi connectivity index (χ2n) is 9.19. The molecule has 34 heavy (non-hydrogen) atoms. The molecule has 5 rings (SSSR count). The summed E-state index contributed by atoms with van der Waals surface area (Å²) in [5, 5.41) is 18.2. The smallest absolute Gasteiger partial charge is 0.166 e. The number of nitrogens with two attached hydrogens (primary N) is 1. The number of benzene rings is 1. The number of β-amino-alcohol motifs (C(OH)–C–C–N with tert-alkyl or cyclic N) is 1. The Kier molecular flexibility index (Phi) is 5.79. The van der Waals surface area contributed by atoms with E-state index in [0.717, 1.165) is 11.1 Å². The Hall–Kier alpha value is -2.33. The fourth-order valence-electron chi connectivity index (χ4n) is 5.00. The lowest BCUT2D eigenvalue weighted by Gasteiger charge is -2.31. The monoisotopic (exact) mass is 501 g/mol. The molecular weight excluding hydrogens is 479 g/mol. The van der Waals surface area contributed by atoms with Crippen LogP contribution in [0.25, 0.3) is 11.1 Å². The molecule has 2 fully saturated rings. The van der Waals surface area contributed by atoms with Crippen molar-refractivity contribution in [3.05, 3.63) is 58.2 Å². The topological polar surface area (TPSA) is 98.2 Å². The van der Waals surface area contributed by atoms with Crippen LogP contribution in [0.2, 0.25) is 15.4 Å². The zero-order valence-electron chi connectivity index (χ0n) is 18.4. The van der Waals surface area contributed by atoms with E-state index in [9.17, 15) is 9.50 Å². The Balaban J connectivity index is 1.38. The van der Waals surface area contributed by atoms with Crippen molar-refractivity contribution in [3.8, 4) is 16.9 Å². The number of pyridine rings is 1. The van der Waals surface area contributed by atoms with Crippen molar-refractivity contribution in [1.29, 1.82) is 0 Å². The highest BCUT2D eigenvalue weighted by Crippen LogP contribution is 2.56. The highest BCUT2D eigenvalue weighted by Gasteiger charge is 2.57. The number of nitrogens with zero attached hydrogens (tertiary/aromatic N) is 3. The SMILES string of the molecule is [B]C12CNCC1(O)CC(n1cc(-c3cnc(N)c(OC(C)c4c(Cl)ccc(F)c4Cl)c3)cn1)C2. The summed E-state index contributed by atoms with van der Waals surface area (Å²) in [6.45, 7) is 2.76. The lowest BCUT2D eigenvalue weighted by atomic mass is 9.61. The van der Waals surface area contributed by atoms with Crippen LogP contribution in [0.15, 0.2) is 36.8 Å². The van der Waals surface area contributed by atoms with Crippen LogP contribution in [-0.2, 0) is 0 Å². The summed E-state index contributed by atoms with van der Waals surface area (Å²) in [4.78, 5) is 4.25. The average molecular weight is 502 g/mol. The van der Waals surface area contributed by atoms with E-state index in [1.54, 1.807) is 25.4 Å². The van der Waals surface area contributed by atoms with Crippen LogP contribution < -0.4 is 15.8 Å². The van der Waals surface area contributed by atoms with E-state index < -0.39 is 22.8 Å². The molecule has 1 saturated carbocycles. The molecule has 1 aliphatic heterocycles. The van der Waals surface area contributed by atoms with E-state index in [0.29, 0.717) is 42.3 Å². The van der Waals surface area contributed by atoms with Crippen LogP contribution >= 0.6 is 23.2 Å². The van der Waals surface area contributed by atoms with Crippen molar-refractivity contribution in [3.63, 3.8) is 0 Å². The minimum Gasteiger partial charge on any atom is -0.482 e. The van der Waals surface area contributed by atoms with Gasteiger partial charge in [-0.3, -0.25) is 4.68 Å². The van der Waals surface area contributed by atoms with E-state index >= 15 is 0 Å². The van der Waals surface area contributed by atoms with Crippen molar-refractivity contribution < 1.29 is 14.2 Å². The van der Waals surface area contributed by atoms with Gasteiger partial charge in [0.1, 0.15) is 11.9 Å². The Bertz CT molecular complexity index is 1240. The number of ether oxygens (including phenoxy) is 1. The second kappa shape index (κ2) is 8.41. The van der Waals surface area contributed by atoms with Gasteiger partial charge in [0.25, 0.3) is 0 Å². The lowest BCUT2D eigenvalue weighted by molar-refractivity contribution is 0.0424. The van der Waals surface area contributed by atoms with Crippen LogP contribution in [0.3, 0.4) is 0 Å². The van der Waals surface area contributed by atoms with Crippen LogP contribution in [0, 0.1) is 5.82 Å². The predicted molar refractivity (Wildman–Crippen MR) is 130 cm³/mol. The van der Waals surface area contributed by atoms with Gasteiger partial charge in [0, 0.05) is 40.7 Å². The number of aliphatic hydroxyl groups is 1. The molecule has 7 nitrogen and oxygen atoms in total. The van der Waals surface area contributed by atoms with Crippen LogP contribution in [0.5, 0.6) is 5.75 Å². The first kappa shape index (κ1) is 23.4. The molecule has 2 radical (unpaired) electrons. The van der Waals surface area contributed by atoms with Gasteiger partial charge in [-0.15, -0.1) is 0 Å². The number of aromatic nitrogens is 3. The molecule has 4 unspecified atom stereocenters. The molecular formula is C23H23BCl2FN5O2. The third-order valence-electron chi connectivity index (χ3n) is 6.94. The number of nitrogen functional groups attached to an aromatic ring is 1. The van der Waals surface area contributed by atoms with Gasteiger partial charge in [-0.1, -0.05) is 23.2 Å². The molecule has 2 aliphatic rings. The molecule has 3 aromatic rings. The standard InChI is InChI=1S/C23H23BCl2FN5O2/c1-12(19-16(25)2-3-17(27)20(19)26)34-18-4-13(7-30-21(18)28)14-8-31-32(9-14)15-5-22(24)10-29-11-23(22,33)6-15/h2-4,7-9,12,15,29,33H,5-6,10-11H2,1H3,(H2,28,30). The predicted octanol–water partition coefficient (Wildman–Crippen LogP) is 4.11. The average Bonchev–Trinajstić information content (AvgIpc) is 3.44. The zero-order valence-corrected chi connectivity index (χ0v) is 19.9. The maximum atomic E-state index is 14.0. The van der Waals surface area contributed by atoms with Crippen molar-refractivity contribution in [2.24, 2.45) is 0 Å². The van der Waals surface area contributed by atoms with E-state index in [2.05, 4.69) is 15.4 Å². The first-order valence-electron chi connectivity index (χ1n) is 10.9. The molecule has 3 heterocycles. The van der Waals surface area contributed by atoms with E-state index in [-0.39, 0.29) is 16.9 Å². The summed E-state index contributed by atoms with van der Waals surface area (Å²) >= 11 is 12.3.